The minimum atomic E-state index is -0.201. The van der Waals surface area contributed by atoms with Gasteiger partial charge in [0.15, 0.2) is 0 Å². The molecule has 0 spiro atoms. The first-order valence-corrected chi connectivity index (χ1v) is 8.90. The van der Waals surface area contributed by atoms with Gasteiger partial charge in [-0.05, 0) is 43.9 Å². The maximum Gasteiger partial charge on any atom is 0.319 e. The van der Waals surface area contributed by atoms with Crippen molar-refractivity contribution in [2.24, 2.45) is 13.0 Å². The summed E-state index contributed by atoms with van der Waals surface area (Å²) < 4.78 is 1.80. The Labute approximate surface area is 149 Å². The van der Waals surface area contributed by atoms with Crippen LogP contribution in [-0.2, 0) is 13.6 Å². The van der Waals surface area contributed by atoms with E-state index in [0.717, 1.165) is 36.0 Å². The quantitative estimate of drug-likeness (QED) is 0.897. The molecule has 6 heteroatoms. The zero-order valence-electron chi connectivity index (χ0n) is 15.2. The van der Waals surface area contributed by atoms with Gasteiger partial charge in [-0.2, -0.15) is 5.10 Å². The SMILES string of the molecule is Cc1c(CNC(=O)Nc2cccc(N3CCC(C)CC3)c2)cnn1C. The van der Waals surface area contributed by atoms with Gasteiger partial charge in [0.1, 0.15) is 0 Å². The number of carbonyl (C=O) groups is 1. The summed E-state index contributed by atoms with van der Waals surface area (Å²) in [6.45, 7) is 6.93. The number of nitrogens with zero attached hydrogens (tertiary/aromatic N) is 3. The summed E-state index contributed by atoms with van der Waals surface area (Å²) in [5.74, 6) is 0.805. The molecule has 1 aliphatic heterocycles. The standard InChI is InChI=1S/C19H27N5O/c1-14-7-9-24(10-8-14)18-6-4-5-17(11-18)22-19(25)20-12-16-13-21-23(3)15(16)2/h4-6,11,13-14H,7-10,12H2,1-3H3,(H2,20,22,25). The lowest BCUT2D eigenvalue weighted by Crippen LogP contribution is -2.33. The normalized spacial score (nSPS) is 15.2. The third-order valence-electron chi connectivity index (χ3n) is 5.03. The van der Waals surface area contributed by atoms with Crippen LogP contribution in [0.15, 0.2) is 30.5 Å². The van der Waals surface area contributed by atoms with E-state index in [9.17, 15) is 4.79 Å². The number of benzene rings is 1. The first kappa shape index (κ1) is 17.3. The molecule has 0 unspecified atom stereocenters. The number of amides is 2. The number of hydrogen-bond acceptors (Lipinski definition) is 3. The maximum atomic E-state index is 12.2. The molecule has 0 atom stereocenters. The summed E-state index contributed by atoms with van der Waals surface area (Å²) in [6, 6.07) is 7.87. The lowest BCUT2D eigenvalue weighted by molar-refractivity contribution is 0.251. The van der Waals surface area contributed by atoms with E-state index in [2.05, 4.69) is 33.6 Å². The number of carbonyl (C=O) groups excluding carboxylic acids is 1. The number of aromatic nitrogens is 2. The van der Waals surface area contributed by atoms with Crippen molar-refractivity contribution >= 4 is 17.4 Å². The Balaban J connectivity index is 1.56. The van der Waals surface area contributed by atoms with Gasteiger partial charge < -0.3 is 15.5 Å². The number of piperidine rings is 1. The van der Waals surface area contributed by atoms with Crippen molar-refractivity contribution in [1.82, 2.24) is 15.1 Å². The van der Waals surface area contributed by atoms with Crippen molar-refractivity contribution in [2.45, 2.75) is 33.2 Å². The average Bonchev–Trinajstić information content (AvgIpc) is 2.93. The topological polar surface area (TPSA) is 62.2 Å². The molecule has 0 saturated carbocycles. The van der Waals surface area contributed by atoms with Crippen molar-refractivity contribution in [1.29, 1.82) is 0 Å². The summed E-state index contributed by atoms with van der Waals surface area (Å²) in [4.78, 5) is 14.6. The fourth-order valence-corrected chi connectivity index (χ4v) is 3.12. The molecule has 2 heterocycles. The molecule has 1 aromatic heterocycles. The van der Waals surface area contributed by atoms with Gasteiger partial charge in [-0.15, -0.1) is 0 Å². The Morgan fingerprint density at radius 1 is 1.32 bits per heavy atom. The zero-order valence-corrected chi connectivity index (χ0v) is 15.2. The minimum Gasteiger partial charge on any atom is -0.371 e. The molecule has 134 valence electrons. The fourth-order valence-electron chi connectivity index (χ4n) is 3.12. The van der Waals surface area contributed by atoms with Gasteiger partial charge in [0.25, 0.3) is 0 Å². The molecule has 1 aliphatic rings. The average molecular weight is 341 g/mol. The predicted octanol–water partition coefficient (Wildman–Crippen LogP) is 3.29. The molecule has 3 rings (SSSR count). The van der Waals surface area contributed by atoms with Crippen LogP contribution >= 0.6 is 0 Å². The lowest BCUT2D eigenvalue weighted by atomic mass is 9.99. The van der Waals surface area contributed by atoms with Gasteiger partial charge in [-0.25, -0.2) is 4.79 Å². The predicted molar refractivity (Wildman–Crippen MR) is 101 cm³/mol. The second-order valence-electron chi connectivity index (χ2n) is 6.91. The second-order valence-corrected chi connectivity index (χ2v) is 6.91. The van der Waals surface area contributed by atoms with E-state index in [1.807, 2.05) is 32.2 Å². The molecular formula is C19H27N5O. The van der Waals surface area contributed by atoms with E-state index in [1.54, 1.807) is 10.9 Å². The summed E-state index contributed by atoms with van der Waals surface area (Å²) in [7, 11) is 1.89. The van der Waals surface area contributed by atoms with E-state index in [-0.39, 0.29) is 6.03 Å². The molecule has 0 bridgehead atoms. The van der Waals surface area contributed by atoms with Gasteiger partial charge >= 0.3 is 6.03 Å². The smallest absolute Gasteiger partial charge is 0.319 e. The highest BCUT2D eigenvalue weighted by atomic mass is 16.2. The first-order chi connectivity index (χ1) is 12.0. The van der Waals surface area contributed by atoms with Crippen molar-refractivity contribution in [3.63, 3.8) is 0 Å². The van der Waals surface area contributed by atoms with Gasteiger partial charge in [0, 0.05) is 49.3 Å². The van der Waals surface area contributed by atoms with Gasteiger partial charge in [-0.1, -0.05) is 13.0 Å². The van der Waals surface area contributed by atoms with Gasteiger partial charge in [0.2, 0.25) is 0 Å². The Bertz CT molecular complexity index is 731. The van der Waals surface area contributed by atoms with Crippen molar-refractivity contribution in [3.05, 3.63) is 41.7 Å². The molecular weight excluding hydrogens is 314 g/mol. The minimum absolute atomic E-state index is 0.201. The van der Waals surface area contributed by atoms with E-state index >= 15 is 0 Å². The van der Waals surface area contributed by atoms with Crippen LogP contribution < -0.4 is 15.5 Å². The van der Waals surface area contributed by atoms with Crippen LogP contribution in [0.25, 0.3) is 0 Å². The molecule has 1 saturated heterocycles. The van der Waals surface area contributed by atoms with Crippen LogP contribution in [0.4, 0.5) is 16.2 Å². The summed E-state index contributed by atoms with van der Waals surface area (Å²) in [5.41, 5.74) is 4.07. The van der Waals surface area contributed by atoms with E-state index < -0.39 is 0 Å². The van der Waals surface area contributed by atoms with Crippen molar-refractivity contribution in [2.75, 3.05) is 23.3 Å². The highest BCUT2D eigenvalue weighted by Gasteiger charge is 2.16. The van der Waals surface area contributed by atoms with Gasteiger partial charge in [-0.3, -0.25) is 4.68 Å². The van der Waals surface area contributed by atoms with E-state index in [4.69, 9.17) is 0 Å². The maximum absolute atomic E-state index is 12.2. The fraction of sp³-hybridized carbons (Fsp3) is 0.474. The molecule has 0 radical (unpaired) electrons. The van der Waals surface area contributed by atoms with Crippen LogP contribution in [0.2, 0.25) is 0 Å². The van der Waals surface area contributed by atoms with Crippen molar-refractivity contribution in [3.8, 4) is 0 Å². The molecule has 25 heavy (non-hydrogen) atoms. The van der Waals surface area contributed by atoms with Crippen LogP contribution in [0.5, 0.6) is 0 Å². The van der Waals surface area contributed by atoms with Crippen molar-refractivity contribution < 1.29 is 4.79 Å². The molecule has 2 N–H and O–H groups in total. The Morgan fingerprint density at radius 2 is 2.08 bits per heavy atom. The largest absolute Gasteiger partial charge is 0.371 e. The van der Waals surface area contributed by atoms with Gasteiger partial charge in [0.05, 0.1) is 6.20 Å². The van der Waals surface area contributed by atoms with Crippen LogP contribution in [0, 0.1) is 12.8 Å². The summed E-state index contributed by atoms with van der Waals surface area (Å²) in [6.07, 6.45) is 4.23. The van der Waals surface area contributed by atoms with Crippen LogP contribution in [0.1, 0.15) is 31.0 Å². The highest BCUT2D eigenvalue weighted by molar-refractivity contribution is 5.89. The molecule has 1 aromatic carbocycles. The Morgan fingerprint density at radius 3 is 2.76 bits per heavy atom. The summed E-state index contributed by atoms with van der Waals surface area (Å²) in [5, 5.41) is 10.00. The number of nitrogens with one attached hydrogen (secondary N) is 2. The first-order valence-electron chi connectivity index (χ1n) is 8.90. The number of urea groups is 1. The Kier molecular flexibility index (Phi) is 5.26. The summed E-state index contributed by atoms with van der Waals surface area (Å²) >= 11 is 0. The number of rotatable bonds is 4. The number of anilines is 2. The van der Waals surface area contributed by atoms with E-state index in [0.29, 0.717) is 6.54 Å². The van der Waals surface area contributed by atoms with E-state index in [1.165, 1.54) is 18.5 Å². The zero-order chi connectivity index (χ0) is 17.8. The van der Waals surface area contributed by atoms with Crippen LogP contribution in [0.3, 0.4) is 0 Å². The molecule has 2 amide bonds. The Hall–Kier alpha value is -2.50. The second kappa shape index (κ2) is 7.59. The molecule has 0 aliphatic carbocycles. The molecule has 6 nitrogen and oxygen atoms in total. The molecule has 1 fully saturated rings. The third kappa shape index (κ3) is 4.32. The number of aryl methyl sites for hydroxylation is 1. The highest BCUT2D eigenvalue weighted by Crippen LogP contribution is 2.25. The number of hydrogen-bond donors (Lipinski definition) is 2. The van der Waals surface area contributed by atoms with Crippen LogP contribution in [-0.4, -0.2) is 28.9 Å². The monoisotopic (exact) mass is 341 g/mol. The molecule has 2 aromatic rings. The third-order valence-corrected chi connectivity index (χ3v) is 5.03. The lowest BCUT2D eigenvalue weighted by Gasteiger charge is -2.32.